The Labute approximate surface area is 392 Å². The van der Waals surface area contributed by atoms with Gasteiger partial charge in [0, 0.05) is 38.3 Å². The SMILES string of the molecule is c1ccc(-c2nc(-c3ccc(-c4ccc(-c5ccc6c(c5)C5(CCCCC5)c5cc7c(cc5-6)C5(CCCCC5)c5ccccc5-7)cc4)cc3)cc(-c3ccc4c(c3)oc3ccccc34)n2)cc1. The number of benzene rings is 8. The molecule has 2 saturated carbocycles. The summed E-state index contributed by atoms with van der Waals surface area (Å²) in [5.41, 5.74) is 24.1. The fraction of sp³-hybridized carbons (Fsp3) is 0.188. The maximum Gasteiger partial charge on any atom is 0.160 e. The molecular formula is C64H50N2O. The van der Waals surface area contributed by atoms with Gasteiger partial charge in [-0.2, -0.15) is 0 Å². The Morgan fingerprint density at radius 1 is 0.313 bits per heavy atom. The number of hydrogen-bond acceptors (Lipinski definition) is 3. The molecule has 4 aliphatic carbocycles. The van der Waals surface area contributed by atoms with Gasteiger partial charge in [-0.05, 0) is 135 Å². The summed E-state index contributed by atoms with van der Waals surface area (Å²) >= 11 is 0. The van der Waals surface area contributed by atoms with E-state index in [1.807, 2.05) is 30.3 Å². The molecule has 4 aliphatic rings. The summed E-state index contributed by atoms with van der Waals surface area (Å²) in [6.45, 7) is 0. The first kappa shape index (κ1) is 38.9. The monoisotopic (exact) mass is 862 g/mol. The molecule has 0 unspecified atom stereocenters. The first-order chi connectivity index (χ1) is 33.1. The predicted molar refractivity (Wildman–Crippen MR) is 275 cm³/mol. The highest BCUT2D eigenvalue weighted by atomic mass is 16.3. The lowest BCUT2D eigenvalue weighted by atomic mass is 9.66. The van der Waals surface area contributed by atoms with Gasteiger partial charge in [-0.1, -0.05) is 178 Å². The highest BCUT2D eigenvalue weighted by molar-refractivity contribution is 6.06. The number of hydrogen-bond donors (Lipinski definition) is 0. The lowest BCUT2D eigenvalue weighted by Gasteiger charge is -2.37. The van der Waals surface area contributed by atoms with Gasteiger partial charge in [-0.3, -0.25) is 0 Å². The molecule has 0 aliphatic heterocycles. The second-order valence-electron chi connectivity index (χ2n) is 19.8. The van der Waals surface area contributed by atoms with Crippen LogP contribution in [0.15, 0.2) is 186 Å². The van der Waals surface area contributed by atoms with Crippen molar-refractivity contribution in [2.45, 2.75) is 75.0 Å². The summed E-state index contributed by atoms with van der Waals surface area (Å²) < 4.78 is 6.28. The van der Waals surface area contributed by atoms with Gasteiger partial charge in [0.05, 0.1) is 11.4 Å². The molecule has 2 fully saturated rings. The van der Waals surface area contributed by atoms with E-state index in [2.05, 4.69) is 152 Å². The number of nitrogens with zero attached hydrogens (tertiary/aromatic N) is 2. The van der Waals surface area contributed by atoms with Gasteiger partial charge in [0.1, 0.15) is 11.2 Å². The van der Waals surface area contributed by atoms with Crippen LogP contribution >= 0.6 is 0 Å². The second kappa shape index (κ2) is 15.1. The van der Waals surface area contributed by atoms with Gasteiger partial charge < -0.3 is 4.42 Å². The Hall–Kier alpha value is -7.36. The minimum absolute atomic E-state index is 0.0847. The minimum Gasteiger partial charge on any atom is -0.456 e. The van der Waals surface area contributed by atoms with Gasteiger partial charge >= 0.3 is 0 Å². The van der Waals surface area contributed by atoms with Crippen LogP contribution in [0.3, 0.4) is 0 Å². The largest absolute Gasteiger partial charge is 0.456 e. The second-order valence-corrected chi connectivity index (χ2v) is 19.8. The summed E-state index contributed by atoms with van der Waals surface area (Å²) in [5.74, 6) is 0.699. The fourth-order valence-corrected chi connectivity index (χ4v) is 13.0. The number of aromatic nitrogens is 2. The van der Waals surface area contributed by atoms with Crippen molar-refractivity contribution in [1.82, 2.24) is 9.97 Å². The third-order valence-electron chi connectivity index (χ3n) is 16.3. The summed E-state index contributed by atoms with van der Waals surface area (Å²) in [7, 11) is 0. The van der Waals surface area contributed by atoms with E-state index in [1.54, 1.807) is 22.3 Å². The van der Waals surface area contributed by atoms with Gasteiger partial charge in [0.2, 0.25) is 0 Å². The number of para-hydroxylation sites is 1. The fourth-order valence-electron chi connectivity index (χ4n) is 13.0. The van der Waals surface area contributed by atoms with E-state index in [-0.39, 0.29) is 10.8 Å². The molecule has 322 valence electrons. The summed E-state index contributed by atoms with van der Waals surface area (Å²) in [5, 5.41) is 2.23. The van der Waals surface area contributed by atoms with Crippen LogP contribution in [0.4, 0.5) is 0 Å². The van der Waals surface area contributed by atoms with Crippen LogP contribution in [-0.2, 0) is 10.8 Å². The molecule has 8 aromatic carbocycles. The lowest BCUT2D eigenvalue weighted by Crippen LogP contribution is -2.29. The van der Waals surface area contributed by atoms with E-state index < -0.39 is 0 Å². The molecule has 67 heavy (non-hydrogen) atoms. The first-order valence-electron chi connectivity index (χ1n) is 24.6. The van der Waals surface area contributed by atoms with Crippen molar-refractivity contribution in [2.75, 3.05) is 0 Å². The zero-order valence-electron chi connectivity index (χ0n) is 37.7. The quantitative estimate of drug-likeness (QED) is 0.173. The van der Waals surface area contributed by atoms with Crippen LogP contribution in [0, 0.1) is 0 Å². The van der Waals surface area contributed by atoms with Crippen LogP contribution in [0.25, 0.3) is 100 Å². The smallest absolute Gasteiger partial charge is 0.160 e. The van der Waals surface area contributed by atoms with Crippen molar-refractivity contribution in [1.29, 1.82) is 0 Å². The van der Waals surface area contributed by atoms with Crippen LogP contribution < -0.4 is 0 Å². The molecule has 0 N–H and O–H groups in total. The molecule has 10 aromatic rings. The van der Waals surface area contributed by atoms with Crippen molar-refractivity contribution in [3.8, 4) is 78.4 Å². The molecule has 2 spiro atoms. The van der Waals surface area contributed by atoms with Gasteiger partial charge in [-0.15, -0.1) is 0 Å². The third kappa shape index (κ3) is 6.03. The Morgan fingerprint density at radius 2 is 0.821 bits per heavy atom. The summed E-state index contributed by atoms with van der Waals surface area (Å²) in [6, 6.07) is 67.2. The molecular weight excluding hydrogens is 813 g/mol. The van der Waals surface area contributed by atoms with Crippen LogP contribution in [0.2, 0.25) is 0 Å². The summed E-state index contributed by atoms with van der Waals surface area (Å²) in [6.07, 6.45) is 12.9. The Bertz CT molecular complexity index is 3570. The minimum atomic E-state index is 0.0847. The highest BCUT2D eigenvalue weighted by Gasteiger charge is 2.49. The molecule has 0 amide bonds. The van der Waals surface area contributed by atoms with Crippen molar-refractivity contribution >= 4 is 21.9 Å². The van der Waals surface area contributed by atoms with Crippen LogP contribution in [0.5, 0.6) is 0 Å². The lowest BCUT2D eigenvalue weighted by molar-refractivity contribution is 0.350. The number of furan rings is 1. The van der Waals surface area contributed by atoms with Gasteiger partial charge in [0.15, 0.2) is 5.82 Å². The van der Waals surface area contributed by atoms with Gasteiger partial charge in [0.25, 0.3) is 0 Å². The average Bonchev–Trinajstić information content (AvgIpc) is 3.99. The van der Waals surface area contributed by atoms with E-state index >= 15 is 0 Å². The molecule has 0 atom stereocenters. The standard InChI is InChI=1S/C64H50N2O/c1-4-14-45(15-5-1)62-65-58(40-59(66-62)47-29-31-51-50-17-7-9-19-60(50)67-61(51)37-47)44-26-24-42(25-27-44)41-20-22-43(23-21-41)46-28-30-49-53-39-56-52(38-57(53)64(55(49)36-46)34-12-3-13-35-64)48-16-6-8-18-54(48)63(56)32-10-2-11-33-63/h1,4-9,14-31,36-40H,2-3,10-13,32-35H2. The van der Waals surface area contributed by atoms with Gasteiger partial charge in [-0.25, -0.2) is 9.97 Å². The zero-order chi connectivity index (χ0) is 44.1. The molecule has 2 heterocycles. The van der Waals surface area contributed by atoms with Crippen molar-refractivity contribution in [3.05, 3.63) is 204 Å². The van der Waals surface area contributed by atoms with Crippen LogP contribution in [-0.4, -0.2) is 9.97 Å². The molecule has 14 rings (SSSR count). The first-order valence-corrected chi connectivity index (χ1v) is 24.6. The van der Waals surface area contributed by atoms with Crippen molar-refractivity contribution in [2.24, 2.45) is 0 Å². The zero-order valence-corrected chi connectivity index (χ0v) is 37.7. The number of rotatable bonds is 5. The molecule has 0 saturated heterocycles. The third-order valence-corrected chi connectivity index (χ3v) is 16.3. The van der Waals surface area contributed by atoms with E-state index in [9.17, 15) is 0 Å². The molecule has 0 radical (unpaired) electrons. The van der Waals surface area contributed by atoms with Crippen LogP contribution in [0.1, 0.15) is 86.5 Å². The van der Waals surface area contributed by atoms with Crippen molar-refractivity contribution in [3.63, 3.8) is 0 Å². The summed E-state index contributed by atoms with van der Waals surface area (Å²) in [4.78, 5) is 10.2. The average molecular weight is 863 g/mol. The maximum atomic E-state index is 6.28. The van der Waals surface area contributed by atoms with E-state index in [4.69, 9.17) is 14.4 Å². The Balaban J connectivity index is 0.785. The normalized spacial score (nSPS) is 16.3. The molecule has 3 nitrogen and oxygen atoms in total. The predicted octanol–water partition coefficient (Wildman–Crippen LogP) is 17.2. The topological polar surface area (TPSA) is 38.9 Å². The molecule has 0 bridgehead atoms. The van der Waals surface area contributed by atoms with E-state index in [0.29, 0.717) is 5.82 Å². The van der Waals surface area contributed by atoms with E-state index in [1.165, 1.54) is 109 Å². The maximum absolute atomic E-state index is 6.28. The van der Waals surface area contributed by atoms with E-state index in [0.717, 1.165) is 50.0 Å². The Morgan fingerprint density at radius 3 is 1.52 bits per heavy atom. The Kier molecular flexibility index (Phi) is 8.75. The van der Waals surface area contributed by atoms with Crippen molar-refractivity contribution < 1.29 is 4.42 Å². The molecule has 3 heteroatoms. The molecule has 2 aromatic heterocycles. The number of fused-ring (bicyclic) bond motifs is 13. The highest BCUT2D eigenvalue weighted by Crippen LogP contribution is 2.62.